The van der Waals surface area contributed by atoms with E-state index in [9.17, 15) is 13.2 Å². The van der Waals surface area contributed by atoms with Gasteiger partial charge in [-0.25, -0.2) is 23.5 Å². The van der Waals surface area contributed by atoms with Crippen molar-refractivity contribution in [2.24, 2.45) is 5.14 Å². The Morgan fingerprint density at radius 2 is 1.96 bits per heavy atom. The van der Waals surface area contributed by atoms with Crippen molar-refractivity contribution in [3.63, 3.8) is 0 Å². The lowest BCUT2D eigenvalue weighted by Crippen LogP contribution is -2.27. The van der Waals surface area contributed by atoms with Gasteiger partial charge in [-0.05, 0) is 31.0 Å². The molecule has 8 nitrogen and oxygen atoms in total. The number of nitrogens with one attached hydrogen (secondary N) is 2. The van der Waals surface area contributed by atoms with E-state index in [0.29, 0.717) is 31.2 Å². The van der Waals surface area contributed by atoms with Crippen LogP contribution in [-0.2, 0) is 16.4 Å². The molecule has 0 unspecified atom stereocenters. The van der Waals surface area contributed by atoms with Crippen LogP contribution in [0.2, 0.25) is 0 Å². The van der Waals surface area contributed by atoms with Gasteiger partial charge in [-0.1, -0.05) is 18.2 Å². The number of sulfonamides is 1. The molecule has 0 radical (unpaired) electrons. The van der Waals surface area contributed by atoms with Gasteiger partial charge in [0.15, 0.2) is 0 Å². The van der Waals surface area contributed by atoms with E-state index in [1.54, 1.807) is 31.2 Å². The average molecular weight is 375 g/mol. The highest BCUT2D eigenvalue weighted by atomic mass is 32.2. The zero-order chi connectivity index (χ0) is 19.2. The molecule has 0 aliphatic rings. The van der Waals surface area contributed by atoms with E-state index >= 15 is 0 Å². The van der Waals surface area contributed by atoms with Crippen LogP contribution < -0.4 is 15.8 Å². The van der Waals surface area contributed by atoms with Crippen molar-refractivity contribution in [1.29, 1.82) is 0 Å². The number of nitrogens with zero attached hydrogens (tertiary/aromatic N) is 2. The standard InChI is InChI=1S/C17H21N5O3S/c1-3-9-19-16-11-15(21-12(2)22-16)17(23)20-10-8-13-4-6-14(7-5-13)26(18,24)25/h3-7,11H,1,8-10H2,2H3,(H,20,23)(H2,18,24,25)(H,19,21,22). The number of amides is 1. The molecule has 0 aliphatic carbocycles. The molecule has 4 N–H and O–H groups in total. The molecule has 2 aromatic rings. The first-order chi connectivity index (χ1) is 12.3. The van der Waals surface area contributed by atoms with Gasteiger partial charge < -0.3 is 10.6 Å². The van der Waals surface area contributed by atoms with E-state index < -0.39 is 10.0 Å². The Labute approximate surface area is 152 Å². The molecule has 0 saturated carbocycles. The molecule has 2 rings (SSSR count). The Morgan fingerprint density at radius 3 is 2.58 bits per heavy atom. The largest absolute Gasteiger partial charge is 0.366 e. The van der Waals surface area contributed by atoms with Gasteiger partial charge in [0.1, 0.15) is 17.3 Å². The Bertz CT molecular complexity index is 895. The molecule has 0 bridgehead atoms. The maximum absolute atomic E-state index is 12.3. The van der Waals surface area contributed by atoms with Gasteiger partial charge in [-0.3, -0.25) is 4.79 Å². The number of primary sulfonamides is 1. The number of carbonyl (C=O) groups excluding carboxylic acids is 1. The normalized spacial score (nSPS) is 11.0. The number of carbonyl (C=O) groups is 1. The van der Waals surface area contributed by atoms with Crippen molar-refractivity contribution in [2.45, 2.75) is 18.2 Å². The predicted octanol–water partition coefficient (Wildman–Crippen LogP) is 1.00. The lowest BCUT2D eigenvalue weighted by Gasteiger charge is -2.08. The minimum absolute atomic E-state index is 0.0568. The Balaban J connectivity index is 1.94. The third kappa shape index (κ3) is 5.64. The summed E-state index contributed by atoms with van der Waals surface area (Å²) in [4.78, 5) is 20.6. The van der Waals surface area contributed by atoms with E-state index in [2.05, 4.69) is 27.2 Å². The summed E-state index contributed by atoms with van der Waals surface area (Å²) in [6.07, 6.45) is 2.24. The third-order valence-corrected chi connectivity index (χ3v) is 4.38. The molecular formula is C17H21N5O3S. The zero-order valence-electron chi connectivity index (χ0n) is 14.4. The Kier molecular flexibility index (Phi) is 6.42. The van der Waals surface area contributed by atoms with Crippen LogP contribution in [0.15, 0.2) is 47.9 Å². The molecule has 26 heavy (non-hydrogen) atoms. The summed E-state index contributed by atoms with van der Waals surface area (Å²) >= 11 is 0. The van der Waals surface area contributed by atoms with Crippen LogP contribution in [0.5, 0.6) is 0 Å². The monoisotopic (exact) mass is 375 g/mol. The molecule has 138 valence electrons. The minimum atomic E-state index is -3.70. The van der Waals surface area contributed by atoms with Crippen LogP contribution in [0.1, 0.15) is 21.9 Å². The predicted molar refractivity (Wildman–Crippen MR) is 99.3 cm³/mol. The number of nitrogens with two attached hydrogens (primary N) is 1. The highest BCUT2D eigenvalue weighted by Gasteiger charge is 2.10. The van der Waals surface area contributed by atoms with Gasteiger partial charge in [0.25, 0.3) is 5.91 Å². The fourth-order valence-electron chi connectivity index (χ4n) is 2.21. The highest BCUT2D eigenvalue weighted by Crippen LogP contribution is 2.09. The Hall–Kier alpha value is -2.78. The van der Waals surface area contributed by atoms with E-state index in [-0.39, 0.29) is 16.5 Å². The molecule has 0 spiro atoms. The average Bonchev–Trinajstić information content (AvgIpc) is 2.59. The summed E-state index contributed by atoms with van der Waals surface area (Å²) in [5.41, 5.74) is 1.15. The van der Waals surface area contributed by atoms with Gasteiger partial charge in [-0.15, -0.1) is 6.58 Å². The van der Waals surface area contributed by atoms with Gasteiger partial charge in [-0.2, -0.15) is 0 Å². The molecule has 9 heteroatoms. The first-order valence-electron chi connectivity index (χ1n) is 7.90. The fraction of sp³-hybridized carbons (Fsp3) is 0.235. The first kappa shape index (κ1) is 19.5. The first-order valence-corrected chi connectivity index (χ1v) is 9.44. The van der Waals surface area contributed by atoms with Crippen LogP contribution in [0, 0.1) is 6.92 Å². The molecule has 0 aliphatic heterocycles. The van der Waals surface area contributed by atoms with Crippen LogP contribution in [0.25, 0.3) is 0 Å². The van der Waals surface area contributed by atoms with Gasteiger partial charge >= 0.3 is 0 Å². The number of anilines is 1. The van der Waals surface area contributed by atoms with Gasteiger partial charge in [0.05, 0.1) is 4.90 Å². The summed E-state index contributed by atoms with van der Waals surface area (Å²) in [5.74, 6) is 0.738. The number of benzene rings is 1. The highest BCUT2D eigenvalue weighted by molar-refractivity contribution is 7.89. The smallest absolute Gasteiger partial charge is 0.270 e. The van der Waals surface area contributed by atoms with Crippen molar-refractivity contribution >= 4 is 21.7 Å². The maximum Gasteiger partial charge on any atom is 0.270 e. The topological polar surface area (TPSA) is 127 Å². The van der Waals surface area contributed by atoms with Crippen molar-refractivity contribution in [1.82, 2.24) is 15.3 Å². The van der Waals surface area contributed by atoms with Crippen LogP contribution in [0.4, 0.5) is 5.82 Å². The second-order valence-corrected chi connectivity index (χ2v) is 7.11. The SMILES string of the molecule is C=CCNc1cc(C(=O)NCCc2ccc(S(N)(=O)=O)cc2)nc(C)n1. The van der Waals surface area contributed by atoms with Crippen molar-refractivity contribution in [3.8, 4) is 0 Å². The van der Waals surface area contributed by atoms with Crippen LogP contribution in [-0.4, -0.2) is 37.4 Å². The van der Waals surface area contributed by atoms with E-state index in [1.165, 1.54) is 12.1 Å². The molecule has 1 heterocycles. The molecule has 0 atom stereocenters. The third-order valence-electron chi connectivity index (χ3n) is 3.45. The fourth-order valence-corrected chi connectivity index (χ4v) is 2.72. The molecule has 1 aromatic heterocycles. The maximum atomic E-state index is 12.3. The number of rotatable bonds is 8. The number of hydrogen-bond donors (Lipinski definition) is 3. The number of hydrogen-bond acceptors (Lipinski definition) is 6. The van der Waals surface area contributed by atoms with E-state index in [4.69, 9.17) is 5.14 Å². The van der Waals surface area contributed by atoms with Gasteiger partial charge in [0, 0.05) is 19.2 Å². The summed E-state index contributed by atoms with van der Waals surface area (Å²) in [7, 11) is -3.70. The Morgan fingerprint density at radius 1 is 1.27 bits per heavy atom. The van der Waals surface area contributed by atoms with Crippen LogP contribution in [0.3, 0.4) is 0 Å². The molecule has 1 aromatic carbocycles. The van der Waals surface area contributed by atoms with Crippen molar-refractivity contribution < 1.29 is 13.2 Å². The second kappa shape index (κ2) is 8.54. The summed E-state index contributed by atoms with van der Waals surface area (Å²) in [6.45, 7) is 6.24. The van der Waals surface area contributed by atoms with E-state index in [1.807, 2.05) is 0 Å². The molecular weight excluding hydrogens is 354 g/mol. The summed E-state index contributed by atoms with van der Waals surface area (Å²) in [5, 5.41) is 10.9. The van der Waals surface area contributed by atoms with Crippen molar-refractivity contribution in [3.05, 3.63) is 60.1 Å². The zero-order valence-corrected chi connectivity index (χ0v) is 15.2. The quantitative estimate of drug-likeness (QED) is 0.591. The molecule has 0 saturated heterocycles. The lowest BCUT2D eigenvalue weighted by molar-refractivity contribution is 0.0949. The lowest BCUT2D eigenvalue weighted by atomic mass is 10.1. The number of aryl methyl sites for hydroxylation is 1. The van der Waals surface area contributed by atoms with Crippen LogP contribution >= 0.6 is 0 Å². The number of aromatic nitrogens is 2. The van der Waals surface area contributed by atoms with E-state index in [0.717, 1.165) is 5.56 Å². The second-order valence-electron chi connectivity index (χ2n) is 5.55. The minimum Gasteiger partial charge on any atom is -0.366 e. The summed E-state index contributed by atoms with van der Waals surface area (Å²) < 4.78 is 22.4. The summed E-state index contributed by atoms with van der Waals surface area (Å²) in [6, 6.07) is 7.79. The van der Waals surface area contributed by atoms with Gasteiger partial charge in [0.2, 0.25) is 10.0 Å². The van der Waals surface area contributed by atoms with Crippen molar-refractivity contribution in [2.75, 3.05) is 18.4 Å². The molecule has 0 fully saturated rings. The molecule has 1 amide bonds.